The molecule has 0 bridgehead atoms. The number of methoxy groups -OCH3 is 1. The van der Waals surface area contributed by atoms with Crippen molar-refractivity contribution >= 4 is 24.2 Å². The second-order valence-corrected chi connectivity index (χ2v) is 7.77. The molecular weight excluding hydrogens is 481 g/mol. The maximum atomic E-state index is 13.2. The van der Waals surface area contributed by atoms with Crippen LogP contribution >= 0.6 is 0 Å². The SMILES string of the molecule is C=NC1=C(/C=C(\C)c2ccnn2C)NC(=O)CN1C(=O)NC(COC)c1ccc(OC(F)(F)F)cc1. The van der Waals surface area contributed by atoms with Gasteiger partial charge in [0.2, 0.25) is 5.91 Å². The van der Waals surface area contributed by atoms with Gasteiger partial charge in [0.15, 0.2) is 5.82 Å². The Morgan fingerprint density at radius 2 is 2.03 bits per heavy atom. The van der Waals surface area contributed by atoms with Crippen molar-refractivity contribution in [3.63, 3.8) is 0 Å². The van der Waals surface area contributed by atoms with Crippen LogP contribution in [0.1, 0.15) is 24.2 Å². The number of urea groups is 1. The molecule has 2 aromatic rings. The number of aryl methyl sites for hydroxylation is 1. The number of rotatable bonds is 8. The molecule has 1 unspecified atom stereocenters. The number of hydrogen-bond donors (Lipinski definition) is 2. The number of carbonyl (C=O) groups is 2. The number of halogens is 3. The third-order valence-corrected chi connectivity index (χ3v) is 5.20. The lowest BCUT2D eigenvalue weighted by Crippen LogP contribution is -2.50. The van der Waals surface area contributed by atoms with Crippen molar-refractivity contribution in [2.75, 3.05) is 20.3 Å². The minimum Gasteiger partial charge on any atom is -0.406 e. The summed E-state index contributed by atoms with van der Waals surface area (Å²) in [5.74, 6) is -0.722. The fourth-order valence-corrected chi connectivity index (χ4v) is 3.62. The van der Waals surface area contributed by atoms with Crippen molar-refractivity contribution in [2.24, 2.45) is 12.0 Å². The molecule has 192 valence electrons. The average molecular weight is 506 g/mol. The molecule has 0 saturated carbocycles. The van der Waals surface area contributed by atoms with Crippen LogP contribution in [0, 0.1) is 0 Å². The number of benzene rings is 1. The summed E-state index contributed by atoms with van der Waals surface area (Å²) in [6.07, 6.45) is -1.53. The Bertz CT molecular complexity index is 1190. The normalized spacial score (nSPS) is 15.4. The van der Waals surface area contributed by atoms with Crippen molar-refractivity contribution < 1.29 is 32.2 Å². The van der Waals surface area contributed by atoms with E-state index in [2.05, 4.69) is 32.2 Å². The molecule has 0 aliphatic carbocycles. The monoisotopic (exact) mass is 506 g/mol. The molecule has 1 aliphatic heterocycles. The highest BCUT2D eigenvalue weighted by molar-refractivity contribution is 5.89. The number of aliphatic imine (C=N–C) groups is 1. The number of hydrogen-bond acceptors (Lipinski definition) is 6. The lowest BCUT2D eigenvalue weighted by Gasteiger charge is -2.30. The summed E-state index contributed by atoms with van der Waals surface area (Å²) in [5, 5.41) is 9.54. The van der Waals surface area contributed by atoms with E-state index in [1.165, 1.54) is 19.2 Å². The van der Waals surface area contributed by atoms with E-state index in [0.29, 0.717) is 5.56 Å². The van der Waals surface area contributed by atoms with Gasteiger partial charge in [-0.2, -0.15) is 5.10 Å². The number of nitrogens with one attached hydrogen (secondary N) is 2. The van der Waals surface area contributed by atoms with Crippen molar-refractivity contribution in [1.82, 2.24) is 25.3 Å². The molecule has 2 heterocycles. The van der Waals surface area contributed by atoms with Gasteiger partial charge in [0.05, 0.1) is 24.0 Å². The van der Waals surface area contributed by atoms with E-state index in [0.717, 1.165) is 28.3 Å². The molecule has 3 amide bonds. The minimum atomic E-state index is -4.82. The van der Waals surface area contributed by atoms with Crippen molar-refractivity contribution in [1.29, 1.82) is 0 Å². The van der Waals surface area contributed by atoms with Crippen LogP contribution < -0.4 is 15.4 Å². The molecule has 0 fully saturated rings. The van der Waals surface area contributed by atoms with Crippen LogP contribution in [0.5, 0.6) is 5.75 Å². The average Bonchev–Trinajstić information content (AvgIpc) is 3.24. The maximum Gasteiger partial charge on any atom is 0.573 e. The van der Waals surface area contributed by atoms with Crippen LogP contribution in [-0.2, 0) is 16.6 Å². The summed E-state index contributed by atoms with van der Waals surface area (Å²) in [6.45, 7) is 5.04. The Hall–Kier alpha value is -4.13. The smallest absolute Gasteiger partial charge is 0.406 e. The van der Waals surface area contributed by atoms with Gasteiger partial charge in [0.25, 0.3) is 0 Å². The number of allylic oxidation sites excluding steroid dienone is 2. The zero-order valence-corrected chi connectivity index (χ0v) is 19.8. The van der Waals surface area contributed by atoms with Crippen molar-refractivity contribution in [2.45, 2.75) is 19.3 Å². The van der Waals surface area contributed by atoms with Gasteiger partial charge in [-0.25, -0.2) is 9.79 Å². The van der Waals surface area contributed by atoms with E-state index in [-0.39, 0.29) is 24.7 Å². The fourth-order valence-electron chi connectivity index (χ4n) is 3.62. The van der Waals surface area contributed by atoms with Crippen LogP contribution in [0.2, 0.25) is 0 Å². The molecule has 1 atom stereocenters. The van der Waals surface area contributed by atoms with Gasteiger partial charge in [0.1, 0.15) is 12.3 Å². The molecule has 36 heavy (non-hydrogen) atoms. The van der Waals surface area contributed by atoms with E-state index in [1.54, 1.807) is 30.1 Å². The molecule has 10 nitrogen and oxygen atoms in total. The highest BCUT2D eigenvalue weighted by Gasteiger charge is 2.32. The lowest BCUT2D eigenvalue weighted by atomic mass is 10.1. The molecule has 1 aliphatic rings. The molecule has 1 aromatic heterocycles. The van der Waals surface area contributed by atoms with E-state index in [9.17, 15) is 22.8 Å². The molecular formula is C23H25F3N6O4. The third-order valence-electron chi connectivity index (χ3n) is 5.20. The molecule has 3 rings (SSSR count). The van der Waals surface area contributed by atoms with Crippen LogP contribution in [0.25, 0.3) is 5.57 Å². The van der Waals surface area contributed by atoms with E-state index in [1.807, 2.05) is 6.92 Å². The van der Waals surface area contributed by atoms with Crippen molar-refractivity contribution in [3.05, 3.63) is 65.4 Å². The van der Waals surface area contributed by atoms with Crippen LogP contribution in [-0.4, -0.2) is 60.0 Å². The van der Waals surface area contributed by atoms with E-state index in [4.69, 9.17) is 4.74 Å². The van der Waals surface area contributed by atoms with Gasteiger partial charge >= 0.3 is 12.4 Å². The number of aromatic nitrogens is 2. The zero-order chi connectivity index (χ0) is 26.5. The number of amides is 3. The van der Waals surface area contributed by atoms with Gasteiger partial charge in [-0.05, 0) is 49.1 Å². The zero-order valence-electron chi connectivity index (χ0n) is 19.8. The fraction of sp³-hybridized carbons (Fsp3) is 0.304. The van der Waals surface area contributed by atoms with Gasteiger partial charge < -0.3 is 20.1 Å². The summed E-state index contributed by atoms with van der Waals surface area (Å²) in [7, 11) is 3.18. The number of nitrogens with zero attached hydrogens (tertiary/aromatic N) is 4. The van der Waals surface area contributed by atoms with Crippen molar-refractivity contribution in [3.8, 4) is 5.75 Å². The standard InChI is InChI=1S/C23H25F3N6O4/c1-14(19-9-10-28-31(19)3)11-17-21(27-2)32(12-20(33)29-17)22(34)30-18(13-35-4)15-5-7-16(8-6-15)36-23(24,25)26/h5-11,18H,2,12-13H2,1,3-4H3,(H,29,33)(H,30,34)/b14-11+. The Balaban J connectivity index is 1.86. The second kappa shape index (κ2) is 11.1. The first-order valence-electron chi connectivity index (χ1n) is 10.6. The number of ether oxygens (including phenoxy) is 2. The third kappa shape index (κ3) is 6.50. The minimum absolute atomic E-state index is 0.0121. The Morgan fingerprint density at radius 1 is 1.33 bits per heavy atom. The maximum absolute atomic E-state index is 13.2. The predicted molar refractivity (Wildman–Crippen MR) is 125 cm³/mol. The Labute approximate surface area is 205 Å². The quantitative estimate of drug-likeness (QED) is 0.535. The predicted octanol–water partition coefficient (Wildman–Crippen LogP) is 3.12. The molecule has 0 radical (unpaired) electrons. The lowest BCUT2D eigenvalue weighted by molar-refractivity contribution is -0.274. The molecule has 0 saturated heterocycles. The molecule has 2 N–H and O–H groups in total. The summed E-state index contributed by atoms with van der Waals surface area (Å²) in [6, 6.07) is 5.40. The first-order valence-corrected chi connectivity index (χ1v) is 10.6. The van der Waals surface area contributed by atoms with Crippen LogP contribution in [0.4, 0.5) is 18.0 Å². The van der Waals surface area contributed by atoms with Crippen LogP contribution in [0.15, 0.2) is 59.1 Å². The van der Waals surface area contributed by atoms with Gasteiger partial charge in [0, 0.05) is 20.4 Å². The first kappa shape index (κ1) is 26.5. The van der Waals surface area contributed by atoms with E-state index >= 15 is 0 Å². The van der Waals surface area contributed by atoms with E-state index < -0.39 is 30.1 Å². The number of carbonyl (C=O) groups excluding carboxylic acids is 2. The summed E-state index contributed by atoms with van der Waals surface area (Å²) >= 11 is 0. The highest BCUT2D eigenvalue weighted by Crippen LogP contribution is 2.26. The Kier molecular flexibility index (Phi) is 8.14. The van der Waals surface area contributed by atoms with Gasteiger partial charge in [-0.1, -0.05) is 12.1 Å². The first-order chi connectivity index (χ1) is 17.0. The summed E-state index contributed by atoms with van der Waals surface area (Å²) < 4.78 is 48.0. The Morgan fingerprint density at radius 3 is 2.58 bits per heavy atom. The molecule has 0 spiro atoms. The topological polar surface area (TPSA) is 110 Å². The van der Waals surface area contributed by atoms with Crippen LogP contribution in [0.3, 0.4) is 0 Å². The molecule has 13 heteroatoms. The van der Waals surface area contributed by atoms with Gasteiger partial charge in [-0.15, -0.1) is 13.2 Å². The second-order valence-electron chi connectivity index (χ2n) is 7.77. The summed E-state index contributed by atoms with van der Waals surface area (Å²) in [4.78, 5) is 30.7. The highest BCUT2D eigenvalue weighted by atomic mass is 19.4. The van der Waals surface area contributed by atoms with Gasteiger partial charge in [-0.3, -0.25) is 14.4 Å². The summed E-state index contributed by atoms with van der Waals surface area (Å²) in [5.41, 5.74) is 2.28. The largest absolute Gasteiger partial charge is 0.573 e. The number of alkyl halides is 3. The molecule has 1 aromatic carbocycles.